The second kappa shape index (κ2) is 11.6. The minimum Gasteiger partial charge on any atom is -0.335 e. The highest BCUT2D eigenvalue weighted by Crippen LogP contribution is 2.45. The Morgan fingerprint density at radius 3 is 2.73 bits per heavy atom. The van der Waals surface area contributed by atoms with E-state index in [0.717, 1.165) is 38.8 Å². The lowest BCUT2D eigenvalue weighted by Gasteiger charge is -2.20. The number of nitrogens with zero attached hydrogens (tertiary/aromatic N) is 5. The van der Waals surface area contributed by atoms with Crippen LogP contribution in [0.1, 0.15) is 38.2 Å². The molecule has 0 unspecified atom stereocenters. The Labute approximate surface area is 200 Å². The van der Waals surface area contributed by atoms with Gasteiger partial charge in [-0.05, 0) is 55.1 Å². The number of aromatic nitrogens is 1. The lowest BCUT2D eigenvalue weighted by atomic mass is 10.1. The van der Waals surface area contributed by atoms with Gasteiger partial charge in [0, 0.05) is 35.0 Å². The lowest BCUT2D eigenvalue weighted by Crippen LogP contribution is -2.32. The molecule has 0 atom stereocenters. The molecule has 4 rings (SSSR count). The van der Waals surface area contributed by atoms with Crippen LogP contribution in [-0.4, -0.2) is 13.1 Å². The highest BCUT2D eigenvalue weighted by atomic mass is 32.2. The molecule has 6 heteroatoms. The average Bonchev–Trinajstić information content (AvgIpc) is 3.21. The largest absolute Gasteiger partial charge is 0.335 e. The summed E-state index contributed by atoms with van der Waals surface area (Å²) in [5, 5.41) is 6.17. The number of fused-ring (bicyclic) bond motifs is 2. The van der Waals surface area contributed by atoms with Crippen LogP contribution in [-0.2, 0) is 6.54 Å². The van der Waals surface area contributed by atoms with E-state index >= 15 is 0 Å². The van der Waals surface area contributed by atoms with E-state index in [9.17, 15) is 0 Å². The molecule has 0 aliphatic carbocycles. The van der Waals surface area contributed by atoms with Crippen molar-refractivity contribution in [1.82, 2.24) is 0 Å². The van der Waals surface area contributed by atoms with Gasteiger partial charge >= 0.3 is 0 Å². The van der Waals surface area contributed by atoms with Crippen molar-refractivity contribution in [1.29, 1.82) is 0 Å². The van der Waals surface area contributed by atoms with Crippen molar-refractivity contribution in [3.05, 3.63) is 94.0 Å². The van der Waals surface area contributed by atoms with Crippen LogP contribution in [0.5, 0.6) is 0 Å². The van der Waals surface area contributed by atoms with Crippen LogP contribution < -0.4 is 9.47 Å². The molecule has 33 heavy (non-hydrogen) atoms. The van der Waals surface area contributed by atoms with Crippen molar-refractivity contribution < 1.29 is 4.57 Å². The molecular weight excluding hydrogens is 426 g/mol. The zero-order chi connectivity index (χ0) is 22.9. The molecule has 1 aliphatic rings. The second-order valence-electron chi connectivity index (χ2n) is 8.03. The predicted octanol–water partition coefficient (Wildman–Crippen LogP) is 7.48. The molecule has 5 nitrogen and oxygen atoms in total. The average molecular weight is 457 g/mol. The van der Waals surface area contributed by atoms with Gasteiger partial charge in [0.1, 0.15) is 6.54 Å². The smallest absolute Gasteiger partial charge is 0.213 e. The molecule has 0 bridgehead atoms. The first kappa shape index (κ1) is 23.0. The van der Waals surface area contributed by atoms with E-state index in [2.05, 4.69) is 105 Å². The van der Waals surface area contributed by atoms with Crippen molar-refractivity contribution >= 4 is 34.4 Å². The number of benzene rings is 2. The fraction of sp³-hybridized carbons (Fsp3) is 0.296. The van der Waals surface area contributed by atoms with Crippen molar-refractivity contribution in [2.24, 2.45) is 5.11 Å². The number of rotatable bonds is 10. The van der Waals surface area contributed by atoms with Gasteiger partial charge in [0.25, 0.3) is 0 Å². The molecule has 1 aromatic heterocycles. The first-order valence-corrected chi connectivity index (χ1v) is 12.5. The van der Waals surface area contributed by atoms with Crippen molar-refractivity contribution in [3.63, 3.8) is 0 Å². The van der Waals surface area contributed by atoms with Crippen LogP contribution in [0.25, 0.3) is 27.4 Å². The highest BCUT2D eigenvalue weighted by molar-refractivity contribution is 8.03. The maximum absolute atomic E-state index is 8.39. The summed E-state index contributed by atoms with van der Waals surface area (Å²) in [5.41, 5.74) is 12.2. The maximum atomic E-state index is 8.39. The van der Waals surface area contributed by atoms with E-state index in [1.807, 2.05) is 11.8 Å². The van der Waals surface area contributed by atoms with Gasteiger partial charge in [-0.2, -0.15) is 4.57 Å². The molecule has 2 heterocycles. The topological polar surface area (TPSA) is 55.9 Å². The van der Waals surface area contributed by atoms with Gasteiger partial charge < -0.3 is 4.90 Å². The molecule has 0 spiro atoms. The summed E-state index contributed by atoms with van der Waals surface area (Å²) in [7, 11) is 0. The Morgan fingerprint density at radius 1 is 1.03 bits per heavy atom. The van der Waals surface area contributed by atoms with E-state index in [0.29, 0.717) is 6.54 Å². The first-order chi connectivity index (χ1) is 16.3. The number of aryl methyl sites for hydroxylation is 1. The third kappa shape index (κ3) is 5.59. The Hall–Kier alpha value is -3.21. The van der Waals surface area contributed by atoms with Gasteiger partial charge in [-0.25, -0.2) is 0 Å². The Balaban J connectivity index is 1.48. The summed E-state index contributed by atoms with van der Waals surface area (Å²) in [5.74, 6) is 0. The highest BCUT2D eigenvalue weighted by Gasteiger charge is 2.23. The standard InChI is InChI=1S/C27H30N5S/c1-2-31-21-18-22(23-13-5-6-14-24(23)31)12-11-17-27-32(20-10-4-3-9-19-29-30-28)25-15-7-8-16-26(25)33-27/h5-8,11-18,21H,2-4,9-10,19-20H2,1H3/q+1. The number of thioether (sulfide) groups is 1. The molecule has 0 fully saturated rings. The number of para-hydroxylation sites is 2. The van der Waals surface area contributed by atoms with Crippen molar-refractivity contribution in [2.45, 2.75) is 44.0 Å². The summed E-state index contributed by atoms with van der Waals surface area (Å²) in [6, 6.07) is 19.4. The molecule has 2 aromatic carbocycles. The normalized spacial score (nSPS) is 14.2. The molecule has 0 saturated carbocycles. The quantitative estimate of drug-likeness (QED) is 0.104. The number of pyridine rings is 1. The molecule has 1 aliphatic heterocycles. The fourth-order valence-electron chi connectivity index (χ4n) is 4.22. The minimum atomic E-state index is 0.598. The molecular formula is C27H30N5S+. The molecule has 3 aromatic rings. The number of anilines is 1. The summed E-state index contributed by atoms with van der Waals surface area (Å²) in [4.78, 5) is 6.58. The molecule has 0 amide bonds. The molecule has 0 N–H and O–H groups in total. The van der Waals surface area contributed by atoms with Crippen LogP contribution in [0.2, 0.25) is 0 Å². The summed E-state index contributed by atoms with van der Waals surface area (Å²) in [6.45, 7) is 4.73. The summed E-state index contributed by atoms with van der Waals surface area (Å²) < 4.78 is 2.28. The van der Waals surface area contributed by atoms with Gasteiger partial charge in [-0.3, -0.25) is 0 Å². The SMILES string of the molecule is CC[n+]1ccc(/C=C/C=C2\Sc3ccccc3N2CCCCCCN=[N+]=[N-])c2ccccc21. The number of azide groups is 1. The zero-order valence-electron chi connectivity index (χ0n) is 19.1. The number of hydrogen-bond donors (Lipinski definition) is 0. The monoisotopic (exact) mass is 456 g/mol. The second-order valence-corrected chi connectivity index (χ2v) is 9.09. The van der Waals surface area contributed by atoms with Crippen molar-refractivity contribution in [3.8, 4) is 0 Å². The van der Waals surface area contributed by atoms with Crippen LogP contribution in [0.15, 0.2) is 88.0 Å². The number of allylic oxidation sites excluding steroid dienone is 2. The zero-order valence-corrected chi connectivity index (χ0v) is 19.9. The van der Waals surface area contributed by atoms with Crippen LogP contribution in [0.4, 0.5) is 5.69 Å². The molecule has 0 saturated heterocycles. The van der Waals surface area contributed by atoms with E-state index < -0.39 is 0 Å². The van der Waals surface area contributed by atoms with Gasteiger partial charge in [0.2, 0.25) is 5.52 Å². The molecule has 168 valence electrons. The van der Waals surface area contributed by atoms with Gasteiger partial charge in [-0.15, -0.1) is 0 Å². The van der Waals surface area contributed by atoms with E-state index in [1.165, 1.54) is 32.1 Å². The fourth-order valence-corrected chi connectivity index (χ4v) is 5.32. The molecule has 0 radical (unpaired) electrons. The van der Waals surface area contributed by atoms with Crippen LogP contribution in [0.3, 0.4) is 0 Å². The first-order valence-electron chi connectivity index (χ1n) is 11.7. The lowest BCUT2D eigenvalue weighted by molar-refractivity contribution is -0.667. The minimum absolute atomic E-state index is 0.598. The summed E-state index contributed by atoms with van der Waals surface area (Å²) >= 11 is 1.84. The van der Waals surface area contributed by atoms with E-state index in [4.69, 9.17) is 5.53 Å². The van der Waals surface area contributed by atoms with Gasteiger partial charge in [0.15, 0.2) is 6.20 Å². The summed E-state index contributed by atoms with van der Waals surface area (Å²) in [6.07, 6.45) is 13.1. The Bertz CT molecular complexity index is 1210. The number of hydrogen-bond acceptors (Lipinski definition) is 3. The maximum Gasteiger partial charge on any atom is 0.213 e. The van der Waals surface area contributed by atoms with Gasteiger partial charge in [-0.1, -0.05) is 66.1 Å². The number of unbranched alkanes of at least 4 members (excludes halogenated alkanes) is 3. The van der Waals surface area contributed by atoms with E-state index in [-0.39, 0.29) is 0 Å². The Kier molecular flexibility index (Phi) is 8.07. The third-order valence-electron chi connectivity index (χ3n) is 5.90. The van der Waals surface area contributed by atoms with Crippen molar-refractivity contribution in [2.75, 3.05) is 18.0 Å². The predicted molar refractivity (Wildman–Crippen MR) is 139 cm³/mol. The van der Waals surface area contributed by atoms with Gasteiger partial charge in [0.05, 0.1) is 16.1 Å². The van der Waals surface area contributed by atoms with E-state index in [1.54, 1.807) is 0 Å². The van der Waals surface area contributed by atoms with Crippen LogP contribution in [0, 0.1) is 0 Å². The van der Waals surface area contributed by atoms with Crippen LogP contribution >= 0.6 is 11.8 Å². The Morgan fingerprint density at radius 2 is 1.85 bits per heavy atom. The third-order valence-corrected chi connectivity index (χ3v) is 7.03.